The Labute approximate surface area is 138 Å². The summed E-state index contributed by atoms with van der Waals surface area (Å²) in [4.78, 5) is 12.0. The maximum atomic E-state index is 12.0. The molecular formula is C16H25ClN2O3. The molecule has 1 heterocycles. The van der Waals surface area contributed by atoms with Gasteiger partial charge in [-0.15, -0.1) is 12.4 Å². The Balaban J connectivity index is 0.00000242. The van der Waals surface area contributed by atoms with E-state index >= 15 is 0 Å². The summed E-state index contributed by atoms with van der Waals surface area (Å²) in [6.45, 7) is 4.24. The molecule has 1 saturated heterocycles. The van der Waals surface area contributed by atoms with Crippen molar-refractivity contribution >= 4 is 18.3 Å². The fourth-order valence-corrected chi connectivity index (χ4v) is 2.41. The second kappa shape index (κ2) is 9.54. The smallest absolute Gasteiger partial charge is 0.224 e. The molecule has 1 aliphatic heterocycles. The van der Waals surface area contributed by atoms with Crippen LogP contribution in [-0.4, -0.2) is 38.8 Å². The molecule has 5 nitrogen and oxygen atoms in total. The van der Waals surface area contributed by atoms with Gasteiger partial charge in [0.05, 0.1) is 19.6 Å². The molecule has 1 aromatic carbocycles. The van der Waals surface area contributed by atoms with Crippen LogP contribution in [-0.2, 0) is 4.79 Å². The molecule has 124 valence electrons. The third kappa shape index (κ3) is 5.73. The SMILES string of the molecule is COc1cccc(OC(C)CNC(=O)C2CCCNC2)c1.Cl. The molecule has 0 saturated carbocycles. The average molecular weight is 329 g/mol. The second-order valence-corrected chi connectivity index (χ2v) is 5.40. The Morgan fingerprint density at radius 1 is 1.45 bits per heavy atom. The number of hydrogen-bond acceptors (Lipinski definition) is 4. The number of halogens is 1. The Kier molecular flexibility index (Phi) is 8.06. The van der Waals surface area contributed by atoms with Gasteiger partial charge in [0.2, 0.25) is 5.91 Å². The van der Waals surface area contributed by atoms with Gasteiger partial charge in [-0.1, -0.05) is 6.07 Å². The van der Waals surface area contributed by atoms with E-state index in [-0.39, 0.29) is 30.3 Å². The number of ether oxygens (including phenoxy) is 2. The standard InChI is InChI=1S/C16H24N2O3.ClH/c1-12(21-15-7-3-6-14(9-15)20-2)10-18-16(19)13-5-4-8-17-11-13;/h3,6-7,9,12-13,17H,4-5,8,10-11H2,1-2H3,(H,18,19);1H. The lowest BCUT2D eigenvalue weighted by molar-refractivity contribution is -0.125. The lowest BCUT2D eigenvalue weighted by Crippen LogP contribution is -2.43. The monoisotopic (exact) mass is 328 g/mol. The van der Waals surface area contributed by atoms with Crippen LogP contribution in [0.3, 0.4) is 0 Å². The van der Waals surface area contributed by atoms with Gasteiger partial charge >= 0.3 is 0 Å². The van der Waals surface area contributed by atoms with Crippen LogP contribution in [0.5, 0.6) is 11.5 Å². The normalized spacial score (nSPS) is 18.7. The van der Waals surface area contributed by atoms with E-state index in [4.69, 9.17) is 9.47 Å². The summed E-state index contributed by atoms with van der Waals surface area (Å²) in [5.74, 6) is 1.71. The van der Waals surface area contributed by atoms with Crippen molar-refractivity contribution in [2.24, 2.45) is 5.92 Å². The third-order valence-electron chi connectivity index (χ3n) is 3.61. The zero-order valence-electron chi connectivity index (χ0n) is 13.1. The molecule has 2 rings (SSSR count). The molecule has 1 aliphatic rings. The summed E-state index contributed by atoms with van der Waals surface area (Å²) in [6, 6.07) is 7.47. The van der Waals surface area contributed by atoms with Crippen LogP contribution in [0.4, 0.5) is 0 Å². The first-order valence-corrected chi connectivity index (χ1v) is 7.48. The van der Waals surface area contributed by atoms with Crippen LogP contribution in [0.2, 0.25) is 0 Å². The largest absolute Gasteiger partial charge is 0.497 e. The van der Waals surface area contributed by atoms with Crippen LogP contribution in [0.15, 0.2) is 24.3 Å². The zero-order valence-corrected chi connectivity index (χ0v) is 13.9. The third-order valence-corrected chi connectivity index (χ3v) is 3.61. The minimum absolute atomic E-state index is 0. The van der Waals surface area contributed by atoms with Gasteiger partial charge in [-0.3, -0.25) is 4.79 Å². The summed E-state index contributed by atoms with van der Waals surface area (Å²) in [5.41, 5.74) is 0. The van der Waals surface area contributed by atoms with Crippen LogP contribution < -0.4 is 20.1 Å². The maximum Gasteiger partial charge on any atom is 0.224 e. The number of methoxy groups -OCH3 is 1. The molecule has 22 heavy (non-hydrogen) atoms. The first kappa shape index (κ1) is 18.6. The number of piperidine rings is 1. The van der Waals surface area contributed by atoms with Crippen molar-refractivity contribution < 1.29 is 14.3 Å². The number of hydrogen-bond donors (Lipinski definition) is 2. The summed E-state index contributed by atoms with van der Waals surface area (Å²) in [7, 11) is 1.63. The van der Waals surface area contributed by atoms with Crippen molar-refractivity contribution in [3.63, 3.8) is 0 Å². The highest BCUT2D eigenvalue weighted by Crippen LogP contribution is 2.19. The molecule has 6 heteroatoms. The Morgan fingerprint density at radius 2 is 2.23 bits per heavy atom. The van der Waals surface area contributed by atoms with E-state index in [9.17, 15) is 4.79 Å². The minimum Gasteiger partial charge on any atom is -0.497 e. The first-order chi connectivity index (χ1) is 10.2. The topological polar surface area (TPSA) is 59.6 Å². The zero-order chi connectivity index (χ0) is 15.1. The highest BCUT2D eigenvalue weighted by molar-refractivity contribution is 5.85. The molecule has 0 aromatic heterocycles. The molecule has 0 bridgehead atoms. The van der Waals surface area contributed by atoms with E-state index < -0.39 is 0 Å². The van der Waals surface area contributed by atoms with Crippen molar-refractivity contribution in [1.82, 2.24) is 10.6 Å². The molecule has 0 aliphatic carbocycles. The van der Waals surface area contributed by atoms with Gasteiger partial charge in [-0.25, -0.2) is 0 Å². The number of benzene rings is 1. The highest BCUT2D eigenvalue weighted by Gasteiger charge is 2.21. The quantitative estimate of drug-likeness (QED) is 0.838. The molecule has 2 N–H and O–H groups in total. The summed E-state index contributed by atoms with van der Waals surface area (Å²) in [5, 5.41) is 6.22. The Morgan fingerprint density at radius 3 is 2.91 bits per heavy atom. The molecule has 1 aromatic rings. The van der Waals surface area contributed by atoms with Gasteiger partial charge in [-0.05, 0) is 38.4 Å². The van der Waals surface area contributed by atoms with Crippen molar-refractivity contribution in [3.05, 3.63) is 24.3 Å². The van der Waals surface area contributed by atoms with E-state index in [2.05, 4.69) is 10.6 Å². The Hall–Kier alpha value is -1.46. The van der Waals surface area contributed by atoms with Gasteiger partial charge in [0.1, 0.15) is 17.6 Å². The number of carbonyl (C=O) groups excluding carboxylic acids is 1. The summed E-state index contributed by atoms with van der Waals surface area (Å²) < 4.78 is 10.9. The molecule has 2 atom stereocenters. The van der Waals surface area contributed by atoms with Crippen molar-refractivity contribution in [1.29, 1.82) is 0 Å². The fraction of sp³-hybridized carbons (Fsp3) is 0.562. The Bertz CT molecular complexity index is 464. The summed E-state index contributed by atoms with van der Waals surface area (Å²) >= 11 is 0. The number of amides is 1. The minimum atomic E-state index is -0.0856. The van der Waals surface area contributed by atoms with Gasteiger partial charge in [0, 0.05) is 12.6 Å². The number of carbonyl (C=O) groups is 1. The van der Waals surface area contributed by atoms with Crippen LogP contribution in [0.1, 0.15) is 19.8 Å². The predicted octanol–water partition coefficient (Wildman–Crippen LogP) is 2.00. The molecule has 1 fully saturated rings. The second-order valence-electron chi connectivity index (χ2n) is 5.40. The summed E-state index contributed by atoms with van der Waals surface area (Å²) in [6.07, 6.45) is 1.94. The predicted molar refractivity (Wildman–Crippen MR) is 88.9 cm³/mol. The first-order valence-electron chi connectivity index (χ1n) is 7.48. The van der Waals surface area contributed by atoms with Crippen LogP contribution >= 0.6 is 12.4 Å². The van der Waals surface area contributed by atoms with Crippen LogP contribution in [0, 0.1) is 5.92 Å². The van der Waals surface area contributed by atoms with E-state index in [1.54, 1.807) is 7.11 Å². The van der Waals surface area contributed by atoms with Gasteiger partial charge in [0.25, 0.3) is 0 Å². The van der Waals surface area contributed by atoms with E-state index in [0.29, 0.717) is 6.54 Å². The van der Waals surface area contributed by atoms with Crippen LogP contribution in [0.25, 0.3) is 0 Å². The van der Waals surface area contributed by atoms with E-state index in [1.807, 2.05) is 31.2 Å². The lowest BCUT2D eigenvalue weighted by Gasteiger charge is -2.23. The van der Waals surface area contributed by atoms with E-state index in [1.165, 1.54) is 0 Å². The molecule has 2 unspecified atom stereocenters. The molecular weight excluding hydrogens is 304 g/mol. The van der Waals surface area contributed by atoms with Gasteiger partial charge < -0.3 is 20.1 Å². The average Bonchev–Trinajstić information content (AvgIpc) is 2.53. The number of rotatable bonds is 6. The highest BCUT2D eigenvalue weighted by atomic mass is 35.5. The van der Waals surface area contributed by atoms with Crippen molar-refractivity contribution in [2.75, 3.05) is 26.7 Å². The molecule has 0 radical (unpaired) electrons. The lowest BCUT2D eigenvalue weighted by atomic mass is 9.99. The number of nitrogens with one attached hydrogen (secondary N) is 2. The fourth-order valence-electron chi connectivity index (χ4n) is 2.41. The van der Waals surface area contributed by atoms with Crippen molar-refractivity contribution in [3.8, 4) is 11.5 Å². The van der Waals surface area contributed by atoms with E-state index in [0.717, 1.165) is 37.4 Å². The molecule has 1 amide bonds. The van der Waals surface area contributed by atoms with Crippen molar-refractivity contribution in [2.45, 2.75) is 25.9 Å². The molecule has 0 spiro atoms. The van der Waals surface area contributed by atoms with Gasteiger partial charge in [0.15, 0.2) is 0 Å². The van der Waals surface area contributed by atoms with Gasteiger partial charge in [-0.2, -0.15) is 0 Å². The maximum absolute atomic E-state index is 12.0.